The topological polar surface area (TPSA) is 44.5 Å². The Morgan fingerprint density at radius 2 is 2.06 bits per heavy atom. The van der Waals surface area contributed by atoms with Gasteiger partial charge in [0.2, 0.25) is 0 Å². The summed E-state index contributed by atoms with van der Waals surface area (Å²) in [5.74, 6) is 1.75. The van der Waals surface area contributed by atoms with Crippen LogP contribution in [0.2, 0.25) is 0 Å². The van der Waals surface area contributed by atoms with Gasteiger partial charge in [-0.3, -0.25) is 0 Å². The lowest BCUT2D eigenvalue weighted by Crippen LogP contribution is -2.33. The van der Waals surface area contributed by atoms with Gasteiger partial charge >= 0.3 is 0 Å². The third-order valence-corrected chi connectivity index (χ3v) is 4.25. The zero-order valence-electron chi connectivity index (χ0n) is 11.2. The number of hydrogen-bond donors (Lipinski definition) is 1. The summed E-state index contributed by atoms with van der Waals surface area (Å²) in [7, 11) is 1.70. The molecule has 1 atom stereocenters. The maximum absolute atomic E-state index is 6.54. The Kier molecular flexibility index (Phi) is 2.74. The van der Waals surface area contributed by atoms with Crippen LogP contribution in [0.1, 0.15) is 43.7 Å². The Morgan fingerprint density at radius 1 is 1.33 bits per heavy atom. The first-order valence-electron chi connectivity index (χ1n) is 6.79. The van der Waals surface area contributed by atoms with Crippen molar-refractivity contribution in [2.75, 3.05) is 7.11 Å². The van der Waals surface area contributed by atoms with Crippen molar-refractivity contribution < 1.29 is 9.47 Å². The fourth-order valence-corrected chi connectivity index (χ4v) is 3.23. The molecule has 1 aromatic rings. The van der Waals surface area contributed by atoms with Crippen LogP contribution in [0.25, 0.3) is 0 Å². The largest absolute Gasteiger partial charge is 0.493 e. The third-order valence-electron chi connectivity index (χ3n) is 4.25. The van der Waals surface area contributed by atoms with E-state index in [2.05, 4.69) is 19.1 Å². The maximum atomic E-state index is 6.54. The quantitative estimate of drug-likeness (QED) is 0.874. The number of hydrogen-bond acceptors (Lipinski definition) is 3. The molecule has 98 valence electrons. The molecule has 1 saturated carbocycles. The molecule has 0 bridgehead atoms. The van der Waals surface area contributed by atoms with Gasteiger partial charge in [-0.15, -0.1) is 0 Å². The average molecular weight is 247 g/mol. The summed E-state index contributed by atoms with van der Waals surface area (Å²) in [6.45, 7) is 2.09. The Labute approximate surface area is 108 Å². The van der Waals surface area contributed by atoms with Crippen LogP contribution in [0, 0.1) is 0 Å². The SMILES string of the molecule is COc1cc(C2(N)CCCC2)cc2c1OC(C)C2. The molecule has 1 unspecified atom stereocenters. The average Bonchev–Trinajstić information content (AvgIpc) is 2.93. The lowest BCUT2D eigenvalue weighted by atomic mass is 9.87. The summed E-state index contributed by atoms with van der Waals surface area (Å²) in [5, 5.41) is 0. The van der Waals surface area contributed by atoms with E-state index in [-0.39, 0.29) is 11.6 Å². The highest BCUT2D eigenvalue weighted by Crippen LogP contribution is 2.44. The molecule has 1 fully saturated rings. The van der Waals surface area contributed by atoms with Crippen LogP contribution >= 0.6 is 0 Å². The lowest BCUT2D eigenvalue weighted by molar-refractivity contribution is 0.243. The van der Waals surface area contributed by atoms with Crippen molar-refractivity contribution in [2.45, 2.75) is 50.7 Å². The first kappa shape index (κ1) is 11.8. The Bertz CT molecular complexity index is 464. The molecule has 3 heteroatoms. The molecule has 18 heavy (non-hydrogen) atoms. The van der Waals surface area contributed by atoms with Crippen molar-refractivity contribution in [3.05, 3.63) is 23.3 Å². The minimum atomic E-state index is -0.159. The summed E-state index contributed by atoms with van der Waals surface area (Å²) in [6.07, 6.45) is 5.79. The molecule has 3 nitrogen and oxygen atoms in total. The van der Waals surface area contributed by atoms with Crippen molar-refractivity contribution in [3.8, 4) is 11.5 Å². The van der Waals surface area contributed by atoms with E-state index in [1.807, 2.05) is 0 Å². The van der Waals surface area contributed by atoms with Gasteiger partial charge in [0.15, 0.2) is 11.5 Å². The number of nitrogens with two attached hydrogens (primary N) is 1. The van der Waals surface area contributed by atoms with E-state index in [9.17, 15) is 0 Å². The molecule has 1 heterocycles. The molecular formula is C15H21NO2. The molecule has 0 amide bonds. The van der Waals surface area contributed by atoms with E-state index in [0.717, 1.165) is 30.8 Å². The minimum Gasteiger partial charge on any atom is -0.493 e. The number of ether oxygens (including phenoxy) is 2. The Hall–Kier alpha value is -1.22. The molecule has 0 saturated heterocycles. The summed E-state index contributed by atoms with van der Waals surface area (Å²) >= 11 is 0. The first-order chi connectivity index (χ1) is 8.62. The van der Waals surface area contributed by atoms with Crippen LogP contribution in [0.4, 0.5) is 0 Å². The van der Waals surface area contributed by atoms with Gasteiger partial charge in [0.1, 0.15) is 6.10 Å². The number of rotatable bonds is 2. The molecular weight excluding hydrogens is 226 g/mol. The van der Waals surface area contributed by atoms with E-state index in [4.69, 9.17) is 15.2 Å². The van der Waals surface area contributed by atoms with Gasteiger partial charge in [0.05, 0.1) is 7.11 Å². The smallest absolute Gasteiger partial charge is 0.164 e. The molecule has 2 aliphatic rings. The van der Waals surface area contributed by atoms with Crippen molar-refractivity contribution in [1.29, 1.82) is 0 Å². The van der Waals surface area contributed by atoms with E-state index < -0.39 is 0 Å². The van der Waals surface area contributed by atoms with E-state index >= 15 is 0 Å². The number of benzene rings is 1. The lowest BCUT2D eigenvalue weighted by Gasteiger charge is -2.25. The van der Waals surface area contributed by atoms with Crippen molar-refractivity contribution in [1.82, 2.24) is 0 Å². The fraction of sp³-hybridized carbons (Fsp3) is 0.600. The molecule has 2 N–H and O–H groups in total. The van der Waals surface area contributed by atoms with Gasteiger partial charge < -0.3 is 15.2 Å². The highest BCUT2D eigenvalue weighted by Gasteiger charge is 2.34. The minimum absolute atomic E-state index is 0.159. The van der Waals surface area contributed by atoms with Gasteiger partial charge in [-0.05, 0) is 37.5 Å². The van der Waals surface area contributed by atoms with Gasteiger partial charge in [0, 0.05) is 17.5 Å². The zero-order chi connectivity index (χ0) is 12.8. The Balaban J connectivity index is 2.05. The van der Waals surface area contributed by atoms with Gasteiger partial charge in [-0.25, -0.2) is 0 Å². The first-order valence-corrected chi connectivity index (χ1v) is 6.79. The third kappa shape index (κ3) is 1.77. The molecule has 0 aromatic heterocycles. The van der Waals surface area contributed by atoms with Gasteiger partial charge in [-0.1, -0.05) is 12.8 Å². The predicted octanol–water partition coefficient (Wildman–Crippen LogP) is 2.75. The molecule has 0 spiro atoms. The van der Waals surface area contributed by atoms with Gasteiger partial charge in [-0.2, -0.15) is 0 Å². The summed E-state index contributed by atoms with van der Waals surface area (Å²) < 4.78 is 11.3. The molecule has 1 aliphatic carbocycles. The molecule has 1 aliphatic heterocycles. The summed E-state index contributed by atoms with van der Waals surface area (Å²) in [5.41, 5.74) is 8.84. The van der Waals surface area contributed by atoms with E-state index in [1.165, 1.54) is 24.0 Å². The summed E-state index contributed by atoms with van der Waals surface area (Å²) in [4.78, 5) is 0. The zero-order valence-corrected chi connectivity index (χ0v) is 11.2. The fourth-order valence-electron chi connectivity index (χ4n) is 3.23. The second-order valence-electron chi connectivity index (χ2n) is 5.66. The van der Waals surface area contributed by atoms with Crippen LogP contribution in [0.5, 0.6) is 11.5 Å². The number of fused-ring (bicyclic) bond motifs is 1. The monoisotopic (exact) mass is 247 g/mol. The van der Waals surface area contributed by atoms with E-state index in [1.54, 1.807) is 7.11 Å². The summed E-state index contributed by atoms with van der Waals surface area (Å²) in [6, 6.07) is 4.30. The standard InChI is InChI=1S/C15H21NO2/c1-10-7-11-8-12(15(16)5-3-4-6-15)9-13(17-2)14(11)18-10/h8-10H,3-7,16H2,1-2H3. The van der Waals surface area contributed by atoms with Crippen molar-refractivity contribution in [2.24, 2.45) is 5.73 Å². The predicted molar refractivity (Wildman–Crippen MR) is 71.1 cm³/mol. The van der Waals surface area contributed by atoms with Crippen LogP contribution in [0.3, 0.4) is 0 Å². The second kappa shape index (κ2) is 4.16. The van der Waals surface area contributed by atoms with Gasteiger partial charge in [0.25, 0.3) is 0 Å². The van der Waals surface area contributed by atoms with Crippen LogP contribution in [-0.2, 0) is 12.0 Å². The highest BCUT2D eigenvalue weighted by atomic mass is 16.5. The maximum Gasteiger partial charge on any atom is 0.164 e. The number of methoxy groups -OCH3 is 1. The van der Waals surface area contributed by atoms with Crippen LogP contribution < -0.4 is 15.2 Å². The molecule has 3 rings (SSSR count). The van der Waals surface area contributed by atoms with Crippen molar-refractivity contribution >= 4 is 0 Å². The van der Waals surface area contributed by atoms with Crippen LogP contribution in [-0.4, -0.2) is 13.2 Å². The van der Waals surface area contributed by atoms with Crippen molar-refractivity contribution in [3.63, 3.8) is 0 Å². The molecule has 1 aromatic carbocycles. The van der Waals surface area contributed by atoms with E-state index in [0.29, 0.717) is 0 Å². The second-order valence-corrected chi connectivity index (χ2v) is 5.66. The normalized spacial score (nSPS) is 24.7. The Morgan fingerprint density at radius 3 is 2.72 bits per heavy atom. The highest BCUT2D eigenvalue weighted by molar-refractivity contribution is 5.53. The van der Waals surface area contributed by atoms with Crippen LogP contribution in [0.15, 0.2) is 12.1 Å². The molecule has 0 radical (unpaired) electrons.